The molecule has 0 aliphatic carbocycles. The van der Waals surface area contributed by atoms with Gasteiger partial charge in [0.15, 0.2) is 0 Å². The highest BCUT2D eigenvalue weighted by Gasteiger charge is 2.30. The number of sulfonamides is 1. The van der Waals surface area contributed by atoms with Gasteiger partial charge in [-0.15, -0.1) is 6.42 Å². The maximum atomic E-state index is 12.1. The van der Waals surface area contributed by atoms with E-state index in [0.29, 0.717) is 0 Å². The van der Waals surface area contributed by atoms with Crippen molar-refractivity contribution in [3.8, 4) is 12.3 Å². The van der Waals surface area contributed by atoms with E-state index in [1.807, 2.05) is 0 Å². The molecule has 8 heteroatoms. The fourth-order valence-electron chi connectivity index (χ4n) is 1.67. The summed E-state index contributed by atoms with van der Waals surface area (Å²) in [4.78, 5) is 23.6. The Kier molecular flexibility index (Phi) is 5.90. The number of methoxy groups -OCH3 is 1. The van der Waals surface area contributed by atoms with Gasteiger partial charge in [0.25, 0.3) is 5.91 Å². The lowest BCUT2D eigenvalue weighted by Crippen LogP contribution is -2.50. The monoisotopic (exact) mass is 338 g/mol. The van der Waals surface area contributed by atoms with E-state index in [-0.39, 0.29) is 17.0 Å². The summed E-state index contributed by atoms with van der Waals surface area (Å²) in [6.07, 6.45) is 5.00. The number of terminal acetylenes is 1. The third kappa shape index (κ3) is 4.81. The Morgan fingerprint density at radius 2 is 1.83 bits per heavy atom. The first-order chi connectivity index (χ1) is 10.6. The zero-order valence-corrected chi connectivity index (χ0v) is 13.9. The van der Waals surface area contributed by atoms with Crippen molar-refractivity contribution < 1.29 is 22.7 Å². The van der Waals surface area contributed by atoms with Crippen LogP contribution in [0, 0.1) is 12.3 Å². The number of hydrogen-bond donors (Lipinski definition) is 2. The van der Waals surface area contributed by atoms with Gasteiger partial charge in [-0.2, -0.15) is 4.72 Å². The molecular weight excluding hydrogens is 320 g/mol. The molecule has 124 valence electrons. The largest absolute Gasteiger partial charge is 0.467 e. The van der Waals surface area contributed by atoms with E-state index in [1.165, 1.54) is 45.2 Å². The van der Waals surface area contributed by atoms with Crippen molar-refractivity contribution in [2.45, 2.75) is 24.3 Å². The zero-order valence-electron chi connectivity index (χ0n) is 13.0. The normalized spacial score (nSPS) is 11.4. The van der Waals surface area contributed by atoms with Crippen LogP contribution in [0.3, 0.4) is 0 Å². The Morgan fingerprint density at radius 3 is 2.30 bits per heavy atom. The molecule has 0 bridgehead atoms. The maximum absolute atomic E-state index is 12.1. The number of carbonyl (C=O) groups excluding carboxylic acids is 2. The summed E-state index contributed by atoms with van der Waals surface area (Å²) in [7, 11) is -2.49. The molecule has 0 atom stereocenters. The fourth-order valence-corrected chi connectivity index (χ4v) is 2.60. The highest BCUT2D eigenvalue weighted by molar-refractivity contribution is 7.89. The Morgan fingerprint density at radius 1 is 1.26 bits per heavy atom. The summed E-state index contributed by atoms with van der Waals surface area (Å²) in [6.45, 7) is 2.87. The van der Waals surface area contributed by atoms with Crippen LogP contribution >= 0.6 is 0 Å². The lowest BCUT2D eigenvalue weighted by atomic mass is 10.1. The first-order valence-corrected chi connectivity index (χ1v) is 8.06. The van der Waals surface area contributed by atoms with Gasteiger partial charge in [-0.3, -0.25) is 4.79 Å². The van der Waals surface area contributed by atoms with Crippen molar-refractivity contribution in [2.75, 3.05) is 13.7 Å². The Bertz CT molecular complexity index is 730. The maximum Gasteiger partial charge on any atom is 0.330 e. The second kappa shape index (κ2) is 7.26. The Hall–Kier alpha value is -2.37. The number of benzene rings is 1. The number of esters is 1. The molecule has 0 radical (unpaired) electrons. The van der Waals surface area contributed by atoms with E-state index in [2.05, 4.69) is 20.7 Å². The second-order valence-corrected chi connectivity index (χ2v) is 6.89. The van der Waals surface area contributed by atoms with Crippen LogP contribution in [0.4, 0.5) is 0 Å². The molecule has 0 heterocycles. The molecule has 0 aliphatic heterocycles. The standard InChI is InChI=1S/C15H18N2O5S/c1-5-10-16-23(20,21)12-8-6-11(7-9-12)13(18)17-15(2,3)14(19)22-4/h1,6-9,16H,10H2,2-4H3,(H,17,18). The van der Waals surface area contributed by atoms with Crippen molar-refractivity contribution in [2.24, 2.45) is 0 Å². The van der Waals surface area contributed by atoms with Crippen molar-refractivity contribution in [3.63, 3.8) is 0 Å². The Balaban J connectivity index is 2.91. The predicted molar refractivity (Wildman–Crippen MR) is 84.0 cm³/mol. The number of amides is 1. The average molecular weight is 338 g/mol. The molecule has 0 unspecified atom stereocenters. The lowest BCUT2D eigenvalue weighted by Gasteiger charge is -2.23. The smallest absolute Gasteiger partial charge is 0.330 e. The van der Waals surface area contributed by atoms with Crippen LogP contribution in [-0.2, 0) is 19.6 Å². The highest BCUT2D eigenvalue weighted by atomic mass is 32.2. The van der Waals surface area contributed by atoms with Gasteiger partial charge in [0.05, 0.1) is 18.6 Å². The van der Waals surface area contributed by atoms with Crippen molar-refractivity contribution in [1.29, 1.82) is 0 Å². The van der Waals surface area contributed by atoms with Gasteiger partial charge in [-0.25, -0.2) is 13.2 Å². The molecule has 1 aromatic rings. The van der Waals surface area contributed by atoms with Gasteiger partial charge >= 0.3 is 5.97 Å². The van der Waals surface area contributed by atoms with Crippen LogP contribution in [0.1, 0.15) is 24.2 Å². The molecular formula is C15H18N2O5S. The van der Waals surface area contributed by atoms with E-state index in [0.717, 1.165) is 0 Å². The van der Waals surface area contributed by atoms with Crippen molar-refractivity contribution in [3.05, 3.63) is 29.8 Å². The quantitative estimate of drug-likeness (QED) is 0.573. The van der Waals surface area contributed by atoms with Gasteiger partial charge in [0.1, 0.15) is 5.54 Å². The van der Waals surface area contributed by atoms with E-state index >= 15 is 0 Å². The van der Waals surface area contributed by atoms with Crippen LogP contribution in [0.15, 0.2) is 29.2 Å². The third-order valence-corrected chi connectivity index (χ3v) is 4.33. The first kappa shape index (κ1) is 18.7. The third-order valence-electron chi connectivity index (χ3n) is 2.91. The number of rotatable bonds is 6. The molecule has 1 rings (SSSR count). The zero-order chi connectivity index (χ0) is 17.7. The summed E-state index contributed by atoms with van der Waals surface area (Å²) in [5, 5.41) is 2.51. The summed E-state index contributed by atoms with van der Waals surface area (Å²) in [5.74, 6) is 1.05. The van der Waals surface area contributed by atoms with Crippen LogP contribution in [0.5, 0.6) is 0 Å². The lowest BCUT2D eigenvalue weighted by molar-refractivity contribution is -0.146. The minimum atomic E-state index is -3.72. The van der Waals surface area contributed by atoms with Gasteiger partial charge < -0.3 is 10.1 Å². The van der Waals surface area contributed by atoms with E-state index in [9.17, 15) is 18.0 Å². The van der Waals surface area contributed by atoms with Crippen molar-refractivity contribution >= 4 is 21.9 Å². The summed E-state index contributed by atoms with van der Waals surface area (Å²) >= 11 is 0. The SMILES string of the molecule is C#CCNS(=O)(=O)c1ccc(C(=O)NC(C)(C)C(=O)OC)cc1. The fraction of sp³-hybridized carbons (Fsp3) is 0.333. The van der Waals surface area contributed by atoms with Gasteiger partial charge in [-0.05, 0) is 38.1 Å². The van der Waals surface area contributed by atoms with Crippen LogP contribution in [0.25, 0.3) is 0 Å². The molecule has 1 aromatic carbocycles. The Labute approximate surface area is 135 Å². The van der Waals surface area contributed by atoms with Gasteiger partial charge in [-0.1, -0.05) is 5.92 Å². The summed E-state index contributed by atoms with van der Waals surface area (Å²) in [6, 6.07) is 5.23. The van der Waals surface area contributed by atoms with E-state index in [1.54, 1.807) is 0 Å². The van der Waals surface area contributed by atoms with Gasteiger partial charge in [0.2, 0.25) is 10.0 Å². The molecule has 0 aliphatic rings. The minimum Gasteiger partial charge on any atom is -0.467 e. The van der Waals surface area contributed by atoms with Crippen molar-refractivity contribution in [1.82, 2.24) is 10.0 Å². The number of ether oxygens (including phenoxy) is 1. The summed E-state index contributed by atoms with van der Waals surface area (Å²) in [5.41, 5.74) is -0.997. The molecule has 0 fully saturated rings. The summed E-state index contributed by atoms with van der Waals surface area (Å²) < 4.78 is 30.5. The minimum absolute atomic E-state index is 0.0171. The van der Waals surface area contributed by atoms with Crippen LogP contribution in [0.2, 0.25) is 0 Å². The van der Waals surface area contributed by atoms with Crippen LogP contribution in [-0.4, -0.2) is 39.5 Å². The average Bonchev–Trinajstić information content (AvgIpc) is 2.51. The predicted octanol–water partition coefficient (Wildman–Crippen LogP) is 0.279. The van der Waals surface area contributed by atoms with E-state index < -0.39 is 27.4 Å². The van der Waals surface area contributed by atoms with E-state index in [4.69, 9.17) is 6.42 Å². The van der Waals surface area contributed by atoms with Gasteiger partial charge in [0, 0.05) is 5.56 Å². The second-order valence-electron chi connectivity index (χ2n) is 5.12. The first-order valence-electron chi connectivity index (χ1n) is 6.58. The number of hydrogen-bond acceptors (Lipinski definition) is 5. The number of carbonyl (C=O) groups is 2. The number of nitrogens with one attached hydrogen (secondary N) is 2. The molecule has 0 aromatic heterocycles. The topological polar surface area (TPSA) is 102 Å². The van der Waals surface area contributed by atoms with Crippen LogP contribution < -0.4 is 10.0 Å². The highest BCUT2D eigenvalue weighted by Crippen LogP contribution is 2.12. The molecule has 2 N–H and O–H groups in total. The molecule has 23 heavy (non-hydrogen) atoms. The molecule has 0 spiro atoms. The molecule has 1 amide bonds. The molecule has 0 saturated carbocycles. The molecule has 7 nitrogen and oxygen atoms in total. The molecule has 0 saturated heterocycles.